The van der Waals surface area contributed by atoms with Crippen molar-refractivity contribution in [2.75, 3.05) is 13.7 Å². The fourth-order valence-electron chi connectivity index (χ4n) is 4.37. The first-order valence-corrected chi connectivity index (χ1v) is 12.0. The predicted octanol–water partition coefficient (Wildman–Crippen LogP) is 5.66. The number of carbonyl (C=O) groups is 2. The SMILES string of the molecule is COc1ccccc1CN1C(=O)C(=O)/C(=C(\O)c2ccc(OCC(C)C)cc2)C1c1cccc(C)c1. The number of ether oxygens (including phenoxy) is 2. The molecule has 0 spiro atoms. The number of para-hydroxylation sites is 1. The van der Waals surface area contributed by atoms with Crippen molar-refractivity contribution in [3.8, 4) is 11.5 Å². The normalized spacial score (nSPS) is 17.0. The molecule has 1 fully saturated rings. The van der Waals surface area contributed by atoms with E-state index in [0.717, 1.165) is 16.7 Å². The van der Waals surface area contributed by atoms with Gasteiger partial charge in [-0.15, -0.1) is 0 Å². The number of aryl methyl sites for hydroxylation is 1. The van der Waals surface area contributed by atoms with E-state index in [9.17, 15) is 14.7 Å². The third-order valence-corrected chi connectivity index (χ3v) is 6.14. The van der Waals surface area contributed by atoms with Crippen LogP contribution in [-0.4, -0.2) is 35.4 Å². The fourth-order valence-corrected chi connectivity index (χ4v) is 4.37. The highest BCUT2D eigenvalue weighted by molar-refractivity contribution is 6.46. The second-order valence-electron chi connectivity index (χ2n) is 9.38. The van der Waals surface area contributed by atoms with Gasteiger partial charge in [0.1, 0.15) is 17.3 Å². The van der Waals surface area contributed by atoms with Gasteiger partial charge in [-0.2, -0.15) is 0 Å². The molecule has 0 saturated carbocycles. The molecule has 1 aliphatic heterocycles. The number of rotatable bonds is 8. The molecule has 1 unspecified atom stereocenters. The molecule has 3 aromatic carbocycles. The Labute approximate surface area is 211 Å². The van der Waals surface area contributed by atoms with E-state index in [4.69, 9.17) is 9.47 Å². The summed E-state index contributed by atoms with van der Waals surface area (Å²) in [5.41, 5.74) is 3.02. The highest BCUT2D eigenvalue weighted by Gasteiger charge is 2.46. The standard InChI is InChI=1S/C30H31NO5/c1-19(2)18-36-24-14-12-21(13-15-24)28(32)26-27(22-10-7-8-20(3)16-22)31(30(34)29(26)33)17-23-9-5-6-11-25(23)35-4/h5-16,19,27,32H,17-18H2,1-4H3/b28-26-. The summed E-state index contributed by atoms with van der Waals surface area (Å²) in [6.45, 7) is 6.82. The number of carbonyl (C=O) groups excluding carboxylic acids is 2. The predicted molar refractivity (Wildman–Crippen MR) is 139 cm³/mol. The van der Waals surface area contributed by atoms with E-state index in [0.29, 0.717) is 29.6 Å². The van der Waals surface area contributed by atoms with Gasteiger partial charge in [-0.1, -0.05) is 61.9 Å². The van der Waals surface area contributed by atoms with E-state index in [1.807, 2.05) is 55.5 Å². The Morgan fingerprint density at radius 1 is 1.00 bits per heavy atom. The topological polar surface area (TPSA) is 76.1 Å². The van der Waals surface area contributed by atoms with E-state index >= 15 is 0 Å². The Balaban J connectivity index is 1.78. The van der Waals surface area contributed by atoms with Gasteiger partial charge >= 0.3 is 0 Å². The Morgan fingerprint density at radius 3 is 2.39 bits per heavy atom. The van der Waals surface area contributed by atoms with Gasteiger partial charge in [0.05, 0.1) is 31.9 Å². The van der Waals surface area contributed by atoms with Crippen molar-refractivity contribution in [3.63, 3.8) is 0 Å². The number of aliphatic hydroxyl groups excluding tert-OH is 1. The van der Waals surface area contributed by atoms with Crippen molar-refractivity contribution in [1.29, 1.82) is 0 Å². The third kappa shape index (κ3) is 5.13. The summed E-state index contributed by atoms with van der Waals surface area (Å²) in [5.74, 6) is 0.0933. The quantitative estimate of drug-likeness (QED) is 0.253. The van der Waals surface area contributed by atoms with Gasteiger partial charge in [-0.05, 0) is 48.7 Å². The molecule has 0 bridgehead atoms. The van der Waals surface area contributed by atoms with Crippen LogP contribution in [0.1, 0.15) is 42.1 Å². The number of Topliss-reactive ketones (excluding diaryl/α,β-unsaturated/α-hetero) is 1. The first-order chi connectivity index (χ1) is 17.3. The Bertz CT molecular complexity index is 1290. The van der Waals surface area contributed by atoms with Gasteiger partial charge in [0.25, 0.3) is 11.7 Å². The molecule has 186 valence electrons. The van der Waals surface area contributed by atoms with Gasteiger partial charge in [0, 0.05) is 11.1 Å². The average molecular weight is 486 g/mol. The van der Waals surface area contributed by atoms with Gasteiger partial charge in [-0.3, -0.25) is 9.59 Å². The molecular formula is C30H31NO5. The number of aliphatic hydroxyl groups is 1. The largest absolute Gasteiger partial charge is 0.507 e. The molecule has 1 saturated heterocycles. The molecule has 3 aromatic rings. The average Bonchev–Trinajstić information content (AvgIpc) is 3.12. The maximum atomic E-state index is 13.3. The monoisotopic (exact) mass is 485 g/mol. The maximum Gasteiger partial charge on any atom is 0.295 e. The number of likely N-dealkylation sites (tertiary alicyclic amines) is 1. The van der Waals surface area contributed by atoms with E-state index in [2.05, 4.69) is 13.8 Å². The van der Waals surface area contributed by atoms with Crippen molar-refractivity contribution < 1.29 is 24.2 Å². The van der Waals surface area contributed by atoms with Crippen LogP contribution in [0.25, 0.3) is 5.76 Å². The number of amides is 1. The molecule has 0 aromatic heterocycles. The number of benzene rings is 3. The molecule has 6 nitrogen and oxygen atoms in total. The second kappa shape index (κ2) is 10.7. The molecule has 4 rings (SSSR count). The van der Waals surface area contributed by atoms with Gasteiger partial charge < -0.3 is 19.5 Å². The summed E-state index contributed by atoms with van der Waals surface area (Å²) in [7, 11) is 1.57. The zero-order valence-electron chi connectivity index (χ0n) is 21.0. The maximum absolute atomic E-state index is 13.3. The molecule has 1 amide bonds. The smallest absolute Gasteiger partial charge is 0.295 e. The third-order valence-electron chi connectivity index (χ3n) is 6.14. The van der Waals surface area contributed by atoms with Crippen LogP contribution in [0.4, 0.5) is 0 Å². The highest BCUT2D eigenvalue weighted by Crippen LogP contribution is 2.41. The lowest BCUT2D eigenvalue weighted by Gasteiger charge is -2.26. The molecular weight excluding hydrogens is 454 g/mol. The molecule has 1 N–H and O–H groups in total. The summed E-state index contributed by atoms with van der Waals surface area (Å²) >= 11 is 0. The molecule has 6 heteroatoms. The van der Waals surface area contributed by atoms with Gasteiger partial charge in [0.15, 0.2) is 0 Å². The zero-order valence-corrected chi connectivity index (χ0v) is 21.0. The van der Waals surface area contributed by atoms with E-state index in [-0.39, 0.29) is 17.9 Å². The van der Waals surface area contributed by atoms with Crippen molar-refractivity contribution in [2.24, 2.45) is 5.92 Å². The van der Waals surface area contributed by atoms with Crippen LogP contribution in [0.3, 0.4) is 0 Å². The van der Waals surface area contributed by atoms with Crippen LogP contribution >= 0.6 is 0 Å². The summed E-state index contributed by atoms with van der Waals surface area (Å²) in [6, 6.07) is 21.2. The summed E-state index contributed by atoms with van der Waals surface area (Å²) < 4.78 is 11.2. The van der Waals surface area contributed by atoms with Crippen LogP contribution in [0, 0.1) is 12.8 Å². The zero-order chi connectivity index (χ0) is 25.8. The van der Waals surface area contributed by atoms with Crippen LogP contribution < -0.4 is 9.47 Å². The van der Waals surface area contributed by atoms with E-state index < -0.39 is 17.7 Å². The minimum Gasteiger partial charge on any atom is -0.507 e. The van der Waals surface area contributed by atoms with Crippen molar-refractivity contribution >= 4 is 17.4 Å². The number of methoxy groups -OCH3 is 1. The lowest BCUT2D eigenvalue weighted by atomic mass is 9.94. The van der Waals surface area contributed by atoms with Crippen molar-refractivity contribution in [1.82, 2.24) is 4.90 Å². The van der Waals surface area contributed by atoms with E-state index in [1.165, 1.54) is 4.90 Å². The number of hydrogen-bond acceptors (Lipinski definition) is 5. The minimum atomic E-state index is -0.744. The number of ketones is 1. The molecule has 0 radical (unpaired) electrons. The highest BCUT2D eigenvalue weighted by atomic mass is 16.5. The lowest BCUT2D eigenvalue weighted by molar-refractivity contribution is -0.140. The second-order valence-corrected chi connectivity index (χ2v) is 9.38. The van der Waals surface area contributed by atoms with Crippen LogP contribution in [0.2, 0.25) is 0 Å². The van der Waals surface area contributed by atoms with Crippen LogP contribution in [-0.2, 0) is 16.1 Å². The number of hydrogen-bond donors (Lipinski definition) is 1. The van der Waals surface area contributed by atoms with Crippen LogP contribution in [0.5, 0.6) is 11.5 Å². The van der Waals surface area contributed by atoms with E-state index in [1.54, 1.807) is 31.4 Å². The first-order valence-electron chi connectivity index (χ1n) is 12.0. The summed E-state index contributed by atoms with van der Waals surface area (Å²) in [4.78, 5) is 28.1. The Kier molecular flexibility index (Phi) is 7.44. The molecule has 1 atom stereocenters. The van der Waals surface area contributed by atoms with Gasteiger partial charge in [-0.25, -0.2) is 0 Å². The summed E-state index contributed by atoms with van der Waals surface area (Å²) in [5, 5.41) is 11.3. The number of nitrogens with zero attached hydrogens (tertiary/aromatic N) is 1. The van der Waals surface area contributed by atoms with Crippen LogP contribution in [0.15, 0.2) is 78.4 Å². The molecule has 0 aliphatic carbocycles. The molecule has 1 heterocycles. The molecule has 36 heavy (non-hydrogen) atoms. The Hall–Kier alpha value is -4.06. The van der Waals surface area contributed by atoms with Crippen molar-refractivity contribution in [2.45, 2.75) is 33.4 Å². The van der Waals surface area contributed by atoms with Crippen molar-refractivity contribution in [3.05, 3.63) is 101 Å². The summed E-state index contributed by atoms with van der Waals surface area (Å²) in [6.07, 6.45) is 0. The first kappa shape index (κ1) is 25.0. The lowest BCUT2D eigenvalue weighted by Crippen LogP contribution is -2.29. The minimum absolute atomic E-state index is 0.0661. The molecule has 1 aliphatic rings. The fraction of sp³-hybridized carbons (Fsp3) is 0.267. The Morgan fingerprint density at radius 2 is 1.72 bits per heavy atom. The van der Waals surface area contributed by atoms with Gasteiger partial charge in [0.2, 0.25) is 0 Å².